The molecule has 18 heavy (non-hydrogen) atoms. The second kappa shape index (κ2) is 6.20. The van der Waals surface area contributed by atoms with Crippen molar-refractivity contribution in [1.29, 1.82) is 0 Å². The van der Waals surface area contributed by atoms with Gasteiger partial charge in [-0.2, -0.15) is 5.10 Å². The number of rotatable bonds is 4. The molecule has 0 radical (unpaired) electrons. The van der Waals surface area contributed by atoms with Gasteiger partial charge >= 0.3 is 0 Å². The van der Waals surface area contributed by atoms with Gasteiger partial charge in [-0.15, -0.1) is 0 Å². The third kappa shape index (κ3) is 3.15. The Hall–Kier alpha value is -0.350. The molecule has 1 aliphatic rings. The number of aromatic nitrogens is 2. The quantitative estimate of drug-likeness (QED) is 0.923. The first kappa shape index (κ1) is 14.1. The molecule has 3 nitrogen and oxygen atoms in total. The summed E-state index contributed by atoms with van der Waals surface area (Å²) < 4.78 is 3.19. The molecule has 102 valence electrons. The van der Waals surface area contributed by atoms with Crippen LogP contribution in [0.25, 0.3) is 0 Å². The molecule has 0 aliphatic heterocycles. The van der Waals surface area contributed by atoms with Gasteiger partial charge in [0.15, 0.2) is 0 Å². The standard InChI is InChI=1S/C14H24BrN3/c1-4-12-14(15)13(18(3)17-12)9-16-11-7-5-6-10(2)8-11/h10-11,16H,4-9H2,1-3H3. The van der Waals surface area contributed by atoms with Crippen LogP contribution < -0.4 is 5.32 Å². The van der Waals surface area contributed by atoms with Crippen molar-refractivity contribution in [3.63, 3.8) is 0 Å². The van der Waals surface area contributed by atoms with E-state index in [9.17, 15) is 0 Å². The van der Waals surface area contributed by atoms with Crippen molar-refractivity contribution < 1.29 is 0 Å². The van der Waals surface area contributed by atoms with Crippen molar-refractivity contribution in [3.8, 4) is 0 Å². The van der Waals surface area contributed by atoms with Gasteiger partial charge in [0, 0.05) is 19.6 Å². The van der Waals surface area contributed by atoms with E-state index in [0.29, 0.717) is 6.04 Å². The van der Waals surface area contributed by atoms with Gasteiger partial charge in [-0.1, -0.05) is 26.7 Å². The average Bonchev–Trinajstić information content (AvgIpc) is 2.62. The Morgan fingerprint density at radius 1 is 1.44 bits per heavy atom. The lowest BCUT2D eigenvalue weighted by atomic mass is 9.87. The third-order valence-corrected chi connectivity index (χ3v) is 4.91. The van der Waals surface area contributed by atoms with Gasteiger partial charge < -0.3 is 5.32 Å². The lowest BCUT2D eigenvalue weighted by Crippen LogP contribution is -2.33. The first-order chi connectivity index (χ1) is 8.61. The molecule has 0 saturated heterocycles. The van der Waals surface area contributed by atoms with Crippen molar-refractivity contribution in [2.24, 2.45) is 13.0 Å². The van der Waals surface area contributed by atoms with Crippen LogP contribution >= 0.6 is 15.9 Å². The molecule has 4 heteroatoms. The van der Waals surface area contributed by atoms with Crippen molar-refractivity contribution in [2.75, 3.05) is 0 Å². The van der Waals surface area contributed by atoms with E-state index in [2.05, 4.69) is 40.2 Å². The van der Waals surface area contributed by atoms with Crippen molar-refractivity contribution in [1.82, 2.24) is 15.1 Å². The summed E-state index contributed by atoms with van der Waals surface area (Å²) in [5, 5.41) is 8.23. The van der Waals surface area contributed by atoms with E-state index in [1.165, 1.54) is 35.8 Å². The Morgan fingerprint density at radius 3 is 2.83 bits per heavy atom. The van der Waals surface area contributed by atoms with Crippen LogP contribution in [0.3, 0.4) is 0 Å². The zero-order valence-electron chi connectivity index (χ0n) is 11.7. The lowest BCUT2D eigenvalue weighted by molar-refractivity contribution is 0.298. The van der Waals surface area contributed by atoms with Gasteiger partial charge in [-0.05, 0) is 41.1 Å². The van der Waals surface area contributed by atoms with Crippen LogP contribution in [0.4, 0.5) is 0 Å². The second-order valence-corrected chi connectivity index (χ2v) is 6.33. The largest absolute Gasteiger partial charge is 0.308 e. The highest BCUT2D eigenvalue weighted by Gasteiger charge is 2.19. The molecule has 1 N–H and O–H groups in total. The minimum absolute atomic E-state index is 0.681. The van der Waals surface area contributed by atoms with Crippen molar-refractivity contribution >= 4 is 15.9 Å². The lowest BCUT2D eigenvalue weighted by Gasteiger charge is -2.27. The van der Waals surface area contributed by atoms with Gasteiger partial charge in [0.2, 0.25) is 0 Å². The van der Waals surface area contributed by atoms with Gasteiger partial charge in [0.05, 0.1) is 15.9 Å². The molecule has 0 aromatic carbocycles. The number of nitrogens with zero attached hydrogens (tertiary/aromatic N) is 2. The molecule has 0 bridgehead atoms. The molecule has 1 fully saturated rings. The summed E-state index contributed by atoms with van der Waals surface area (Å²) in [7, 11) is 2.03. The van der Waals surface area contributed by atoms with E-state index >= 15 is 0 Å². The van der Waals surface area contributed by atoms with Gasteiger partial charge in [-0.25, -0.2) is 0 Å². The molecule has 0 spiro atoms. The normalized spacial score (nSPS) is 24.4. The smallest absolute Gasteiger partial charge is 0.0767 e. The predicted octanol–water partition coefficient (Wildman–Crippen LogP) is 3.41. The number of hydrogen-bond donors (Lipinski definition) is 1. The molecular weight excluding hydrogens is 290 g/mol. The molecule has 1 heterocycles. The van der Waals surface area contributed by atoms with Gasteiger partial charge in [0.25, 0.3) is 0 Å². The summed E-state index contributed by atoms with van der Waals surface area (Å²) in [5.41, 5.74) is 2.43. The van der Waals surface area contributed by atoms with Crippen LogP contribution in [-0.2, 0) is 20.0 Å². The van der Waals surface area contributed by atoms with Crippen LogP contribution in [0.15, 0.2) is 4.47 Å². The maximum absolute atomic E-state index is 4.54. The third-order valence-electron chi connectivity index (χ3n) is 4.00. The van der Waals surface area contributed by atoms with Crippen LogP contribution in [-0.4, -0.2) is 15.8 Å². The molecule has 0 amide bonds. The first-order valence-electron chi connectivity index (χ1n) is 7.05. The zero-order chi connectivity index (χ0) is 13.1. The first-order valence-corrected chi connectivity index (χ1v) is 7.84. The molecule has 1 aromatic heterocycles. The Labute approximate surface area is 118 Å². The summed E-state index contributed by atoms with van der Waals surface area (Å²) in [6.07, 6.45) is 6.38. The van der Waals surface area contributed by atoms with E-state index in [-0.39, 0.29) is 0 Å². The van der Waals surface area contributed by atoms with E-state index in [1.807, 2.05) is 11.7 Å². The summed E-state index contributed by atoms with van der Waals surface area (Å²) in [6.45, 7) is 5.43. The molecule has 2 rings (SSSR count). The van der Waals surface area contributed by atoms with E-state index in [1.54, 1.807) is 0 Å². The van der Waals surface area contributed by atoms with E-state index in [0.717, 1.165) is 24.6 Å². The predicted molar refractivity (Wildman–Crippen MR) is 78.5 cm³/mol. The summed E-state index contributed by atoms with van der Waals surface area (Å²) in [4.78, 5) is 0. The van der Waals surface area contributed by atoms with E-state index < -0.39 is 0 Å². The summed E-state index contributed by atoms with van der Waals surface area (Å²) >= 11 is 3.68. The second-order valence-electron chi connectivity index (χ2n) is 5.53. The van der Waals surface area contributed by atoms with Gasteiger partial charge in [-0.3, -0.25) is 4.68 Å². The van der Waals surface area contributed by atoms with Gasteiger partial charge in [0.1, 0.15) is 0 Å². The van der Waals surface area contributed by atoms with Crippen molar-refractivity contribution in [3.05, 3.63) is 15.9 Å². The number of aryl methyl sites for hydroxylation is 2. The Morgan fingerprint density at radius 2 is 2.22 bits per heavy atom. The van der Waals surface area contributed by atoms with Crippen LogP contribution in [0.1, 0.15) is 50.9 Å². The number of nitrogens with one attached hydrogen (secondary N) is 1. The highest BCUT2D eigenvalue weighted by molar-refractivity contribution is 9.10. The molecule has 2 unspecified atom stereocenters. The average molecular weight is 314 g/mol. The van der Waals surface area contributed by atoms with Crippen LogP contribution in [0.2, 0.25) is 0 Å². The zero-order valence-corrected chi connectivity index (χ0v) is 13.3. The fraction of sp³-hybridized carbons (Fsp3) is 0.786. The van der Waals surface area contributed by atoms with E-state index in [4.69, 9.17) is 0 Å². The molecular formula is C14H24BrN3. The topological polar surface area (TPSA) is 29.9 Å². The fourth-order valence-corrected chi connectivity index (χ4v) is 3.63. The molecule has 1 aromatic rings. The maximum atomic E-state index is 4.54. The van der Waals surface area contributed by atoms with Crippen LogP contribution in [0, 0.1) is 5.92 Å². The molecule has 1 aliphatic carbocycles. The minimum Gasteiger partial charge on any atom is -0.308 e. The summed E-state index contributed by atoms with van der Waals surface area (Å²) in [5.74, 6) is 0.873. The minimum atomic E-state index is 0.681. The monoisotopic (exact) mass is 313 g/mol. The fourth-order valence-electron chi connectivity index (χ4n) is 2.87. The number of halogens is 1. The Bertz CT molecular complexity index is 400. The highest BCUT2D eigenvalue weighted by Crippen LogP contribution is 2.25. The van der Waals surface area contributed by atoms with Crippen molar-refractivity contribution in [2.45, 2.75) is 58.5 Å². The molecule has 1 saturated carbocycles. The highest BCUT2D eigenvalue weighted by atomic mass is 79.9. The summed E-state index contributed by atoms with van der Waals surface area (Å²) in [6, 6.07) is 0.681. The Balaban J connectivity index is 1.95. The SMILES string of the molecule is CCc1nn(C)c(CNC2CCCC(C)C2)c1Br. The molecule has 2 atom stereocenters. The number of hydrogen-bond acceptors (Lipinski definition) is 2. The maximum Gasteiger partial charge on any atom is 0.0767 e. The Kier molecular flexibility index (Phi) is 4.84. The van der Waals surface area contributed by atoms with Crippen LogP contribution in [0.5, 0.6) is 0 Å².